The summed E-state index contributed by atoms with van der Waals surface area (Å²) in [6.07, 6.45) is -0.368. The van der Waals surface area contributed by atoms with Crippen LogP contribution in [0.1, 0.15) is 36.6 Å². The van der Waals surface area contributed by atoms with E-state index in [-0.39, 0.29) is 12.3 Å². The Bertz CT molecular complexity index is 363. The highest BCUT2D eigenvalue weighted by atomic mass is 16.7. The van der Waals surface area contributed by atoms with Crippen LogP contribution in [0.5, 0.6) is 0 Å². The zero-order valence-corrected chi connectivity index (χ0v) is 11.7. The SMILES string of the molecule is CCOC(OCC)C(NN)c1ccc(C)c(C)c1. The van der Waals surface area contributed by atoms with Crippen LogP contribution in [-0.4, -0.2) is 19.5 Å². The first-order valence-corrected chi connectivity index (χ1v) is 6.40. The number of aryl methyl sites for hydroxylation is 2. The fraction of sp³-hybridized carbons (Fsp3) is 0.571. The van der Waals surface area contributed by atoms with Crippen molar-refractivity contribution in [3.05, 3.63) is 34.9 Å². The van der Waals surface area contributed by atoms with Gasteiger partial charge in [-0.1, -0.05) is 18.2 Å². The van der Waals surface area contributed by atoms with Crippen LogP contribution in [0.25, 0.3) is 0 Å². The first-order chi connectivity index (χ1) is 8.63. The predicted octanol–water partition coefficient (Wildman–Crippen LogP) is 2.21. The molecular formula is C14H24N2O2. The van der Waals surface area contributed by atoms with Crippen LogP contribution in [-0.2, 0) is 9.47 Å². The molecule has 4 nitrogen and oxygen atoms in total. The van der Waals surface area contributed by atoms with E-state index in [0.29, 0.717) is 13.2 Å². The van der Waals surface area contributed by atoms with E-state index >= 15 is 0 Å². The zero-order chi connectivity index (χ0) is 13.5. The molecule has 0 saturated heterocycles. The van der Waals surface area contributed by atoms with Crippen LogP contribution in [0.4, 0.5) is 0 Å². The summed E-state index contributed by atoms with van der Waals surface area (Å²) in [4.78, 5) is 0. The molecule has 0 aliphatic carbocycles. The highest BCUT2D eigenvalue weighted by molar-refractivity contribution is 5.32. The third-order valence-corrected chi connectivity index (χ3v) is 3.00. The van der Waals surface area contributed by atoms with Crippen LogP contribution < -0.4 is 11.3 Å². The second-order valence-corrected chi connectivity index (χ2v) is 4.27. The summed E-state index contributed by atoms with van der Waals surface area (Å²) in [7, 11) is 0. The summed E-state index contributed by atoms with van der Waals surface area (Å²) in [5, 5.41) is 0. The van der Waals surface area contributed by atoms with Gasteiger partial charge >= 0.3 is 0 Å². The fourth-order valence-corrected chi connectivity index (χ4v) is 1.86. The topological polar surface area (TPSA) is 56.5 Å². The van der Waals surface area contributed by atoms with Crippen molar-refractivity contribution >= 4 is 0 Å². The Kier molecular flexibility index (Phi) is 6.29. The van der Waals surface area contributed by atoms with Crippen LogP contribution in [0.3, 0.4) is 0 Å². The minimum Gasteiger partial charge on any atom is -0.351 e. The largest absolute Gasteiger partial charge is 0.351 e. The molecule has 4 heteroatoms. The number of nitrogens with one attached hydrogen (secondary N) is 1. The number of nitrogens with two attached hydrogens (primary N) is 1. The summed E-state index contributed by atoms with van der Waals surface area (Å²) in [6, 6.07) is 6.09. The van der Waals surface area contributed by atoms with Crippen molar-refractivity contribution in [2.45, 2.75) is 40.0 Å². The van der Waals surface area contributed by atoms with Gasteiger partial charge in [0.05, 0.1) is 6.04 Å². The van der Waals surface area contributed by atoms with Gasteiger partial charge in [-0.25, -0.2) is 5.43 Å². The molecule has 0 bridgehead atoms. The van der Waals surface area contributed by atoms with Crippen molar-refractivity contribution in [2.24, 2.45) is 5.84 Å². The lowest BCUT2D eigenvalue weighted by molar-refractivity contribution is -0.155. The molecule has 1 atom stereocenters. The molecule has 1 rings (SSSR count). The number of ether oxygens (including phenoxy) is 2. The average molecular weight is 252 g/mol. The number of rotatable bonds is 7. The first-order valence-electron chi connectivity index (χ1n) is 6.40. The molecule has 1 unspecified atom stereocenters. The van der Waals surface area contributed by atoms with Crippen LogP contribution in [0, 0.1) is 13.8 Å². The Morgan fingerprint density at radius 1 is 1.11 bits per heavy atom. The molecule has 0 fully saturated rings. The minimum absolute atomic E-state index is 0.163. The predicted molar refractivity (Wildman–Crippen MR) is 73.0 cm³/mol. The zero-order valence-electron chi connectivity index (χ0n) is 11.7. The van der Waals surface area contributed by atoms with Gasteiger partial charge in [-0.15, -0.1) is 0 Å². The monoisotopic (exact) mass is 252 g/mol. The molecular weight excluding hydrogens is 228 g/mol. The first kappa shape index (κ1) is 15.1. The lowest BCUT2D eigenvalue weighted by Gasteiger charge is -2.26. The van der Waals surface area contributed by atoms with E-state index in [0.717, 1.165) is 5.56 Å². The normalized spacial score (nSPS) is 13.0. The molecule has 0 radical (unpaired) electrons. The van der Waals surface area contributed by atoms with Gasteiger partial charge < -0.3 is 9.47 Å². The number of hydrazine groups is 1. The Morgan fingerprint density at radius 2 is 1.72 bits per heavy atom. The number of benzene rings is 1. The minimum atomic E-state index is -0.368. The van der Waals surface area contributed by atoms with Gasteiger partial charge in [-0.2, -0.15) is 0 Å². The maximum atomic E-state index is 5.64. The third-order valence-electron chi connectivity index (χ3n) is 3.00. The van der Waals surface area contributed by atoms with Gasteiger partial charge in [0.25, 0.3) is 0 Å². The van der Waals surface area contributed by atoms with Crippen LogP contribution in [0.15, 0.2) is 18.2 Å². The summed E-state index contributed by atoms with van der Waals surface area (Å²) in [5.41, 5.74) is 6.36. The van der Waals surface area contributed by atoms with Gasteiger partial charge in [0.2, 0.25) is 0 Å². The second-order valence-electron chi connectivity index (χ2n) is 4.27. The van der Waals surface area contributed by atoms with E-state index in [4.69, 9.17) is 15.3 Å². The average Bonchev–Trinajstić information content (AvgIpc) is 2.35. The Balaban J connectivity index is 2.94. The Hall–Kier alpha value is -0.940. The van der Waals surface area contributed by atoms with Gasteiger partial charge in [0.15, 0.2) is 6.29 Å². The summed E-state index contributed by atoms with van der Waals surface area (Å²) in [6.45, 7) is 9.25. The van der Waals surface area contributed by atoms with E-state index < -0.39 is 0 Å². The van der Waals surface area contributed by atoms with Gasteiger partial charge in [-0.3, -0.25) is 5.84 Å². The maximum Gasteiger partial charge on any atom is 0.178 e. The van der Waals surface area contributed by atoms with E-state index in [2.05, 4.69) is 37.5 Å². The summed E-state index contributed by atoms with van der Waals surface area (Å²) in [5.74, 6) is 5.64. The molecule has 18 heavy (non-hydrogen) atoms. The third kappa shape index (κ3) is 3.78. The van der Waals surface area contributed by atoms with Crippen molar-refractivity contribution in [1.82, 2.24) is 5.43 Å². The number of hydrogen-bond acceptors (Lipinski definition) is 4. The van der Waals surface area contributed by atoms with Gasteiger partial charge in [0, 0.05) is 13.2 Å². The molecule has 0 aliphatic heterocycles. The molecule has 3 N–H and O–H groups in total. The Morgan fingerprint density at radius 3 is 2.17 bits per heavy atom. The fourth-order valence-electron chi connectivity index (χ4n) is 1.86. The van der Waals surface area contributed by atoms with Crippen molar-refractivity contribution in [2.75, 3.05) is 13.2 Å². The quantitative estimate of drug-likeness (QED) is 0.444. The van der Waals surface area contributed by atoms with Gasteiger partial charge in [-0.05, 0) is 44.4 Å². The summed E-state index contributed by atoms with van der Waals surface area (Å²) >= 11 is 0. The van der Waals surface area contributed by atoms with E-state index in [1.54, 1.807) is 0 Å². The van der Waals surface area contributed by atoms with Crippen LogP contribution >= 0.6 is 0 Å². The Labute approximate surface area is 109 Å². The van der Waals surface area contributed by atoms with E-state index in [1.165, 1.54) is 11.1 Å². The summed E-state index contributed by atoms with van der Waals surface area (Å²) < 4.78 is 11.2. The van der Waals surface area contributed by atoms with Crippen molar-refractivity contribution in [3.63, 3.8) is 0 Å². The smallest absolute Gasteiger partial charge is 0.178 e. The lowest BCUT2D eigenvalue weighted by Crippen LogP contribution is -2.39. The molecule has 0 aromatic heterocycles. The maximum absolute atomic E-state index is 5.64. The molecule has 0 heterocycles. The molecule has 0 aliphatic rings. The van der Waals surface area contributed by atoms with Crippen molar-refractivity contribution < 1.29 is 9.47 Å². The van der Waals surface area contributed by atoms with Crippen LogP contribution in [0.2, 0.25) is 0 Å². The number of hydrogen-bond donors (Lipinski definition) is 2. The van der Waals surface area contributed by atoms with Crippen molar-refractivity contribution in [1.29, 1.82) is 0 Å². The highest BCUT2D eigenvalue weighted by Crippen LogP contribution is 2.22. The lowest BCUT2D eigenvalue weighted by atomic mass is 10.0. The van der Waals surface area contributed by atoms with Gasteiger partial charge in [0.1, 0.15) is 0 Å². The van der Waals surface area contributed by atoms with Crippen molar-refractivity contribution in [3.8, 4) is 0 Å². The molecule has 102 valence electrons. The molecule has 0 saturated carbocycles. The molecule has 0 spiro atoms. The molecule has 0 amide bonds. The molecule has 1 aromatic carbocycles. The van der Waals surface area contributed by atoms with E-state index in [9.17, 15) is 0 Å². The molecule has 1 aromatic rings. The standard InChI is InChI=1S/C14H24N2O2/c1-5-17-14(18-6-2)13(16-15)12-8-7-10(3)11(4)9-12/h7-9,13-14,16H,5-6,15H2,1-4H3. The van der Waals surface area contributed by atoms with E-state index in [1.807, 2.05) is 13.8 Å². The highest BCUT2D eigenvalue weighted by Gasteiger charge is 2.23. The second kappa shape index (κ2) is 7.48.